The molecule has 274 valence electrons. The van der Waals surface area contributed by atoms with Crippen LogP contribution in [0.4, 0.5) is 13.2 Å². The third-order valence-corrected chi connectivity index (χ3v) is 8.14. The van der Waals surface area contributed by atoms with Gasteiger partial charge in [0.2, 0.25) is 23.6 Å². The van der Waals surface area contributed by atoms with Crippen molar-refractivity contribution in [3.63, 3.8) is 0 Å². The van der Waals surface area contributed by atoms with Gasteiger partial charge in [-0.15, -0.1) is 0 Å². The highest BCUT2D eigenvalue weighted by atomic mass is 19.4. The molecule has 0 aromatic heterocycles. The zero-order chi connectivity index (χ0) is 37.7. The standard InChI is InChI=1S/C37H44F3N5O6/c1-22(2)31(45-34(49)27-19-17-26(18-20-27)25-13-8-5-9-14-25)36(51)44-29(21-24-11-6-4-7-12-24)35(50)42-23(3)33(48)43-28(15-10-16-30(41)46)32(47)37(38,39)40/h4-9,11-14,17-20,22-23,28-29,31-32,47H,10,15-16,21H2,1-3H3,(H2,41,46)(H,42,50)(H,43,48)(H,44,51)(H,45,49)/t23-,28+,29+,31+,32?/m1/s1. The Morgan fingerprint density at radius 3 is 1.84 bits per heavy atom. The number of nitrogens with two attached hydrogens (primary N) is 1. The highest BCUT2D eigenvalue weighted by molar-refractivity contribution is 5.99. The van der Waals surface area contributed by atoms with Crippen molar-refractivity contribution in [2.45, 2.75) is 82.9 Å². The maximum absolute atomic E-state index is 13.6. The predicted molar refractivity (Wildman–Crippen MR) is 185 cm³/mol. The summed E-state index contributed by atoms with van der Waals surface area (Å²) < 4.78 is 40.0. The number of hydrogen-bond acceptors (Lipinski definition) is 6. The fraction of sp³-hybridized carbons (Fsp3) is 0.378. The topological polar surface area (TPSA) is 180 Å². The van der Waals surface area contributed by atoms with Crippen LogP contribution in [0.5, 0.6) is 0 Å². The molecule has 5 amide bonds. The first-order chi connectivity index (χ1) is 24.1. The van der Waals surface area contributed by atoms with Crippen LogP contribution in [0.2, 0.25) is 0 Å². The Labute approximate surface area is 294 Å². The summed E-state index contributed by atoms with van der Waals surface area (Å²) in [6.45, 7) is 4.67. The summed E-state index contributed by atoms with van der Waals surface area (Å²) in [6.07, 6.45) is -8.84. The largest absolute Gasteiger partial charge is 0.416 e. The van der Waals surface area contributed by atoms with Crippen LogP contribution in [0.3, 0.4) is 0 Å². The van der Waals surface area contributed by atoms with E-state index in [9.17, 15) is 42.3 Å². The van der Waals surface area contributed by atoms with E-state index < -0.39 is 78.3 Å². The summed E-state index contributed by atoms with van der Waals surface area (Å²) in [5.41, 5.74) is 7.90. The lowest BCUT2D eigenvalue weighted by molar-refractivity contribution is -0.212. The first-order valence-electron chi connectivity index (χ1n) is 16.5. The number of carbonyl (C=O) groups is 5. The minimum atomic E-state index is -5.07. The van der Waals surface area contributed by atoms with Gasteiger partial charge in [0.05, 0.1) is 6.04 Å². The van der Waals surface area contributed by atoms with Gasteiger partial charge in [0.1, 0.15) is 18.1 Å². The third kappa shape index (κ3) is 12.5. The molecule has 0 saturated heterocycles. The van der Waals surface area contributed by atoms with E-state index in [0.717, 1.165) is 11.1 Å². The van der Waals surface area contributed by atoms with Gasteiger partial charge in [0.15, 0.2) is 6.10 Å². The molecule has 0 heterocycles. The number of halogens is 3. The number of hydrogen-bond donors (Lipinski definition) is 6. The van der Waals surface area contributed by atoms with Crippen LogP contribution >= 0.6 is 0 Å². The Bertz CT molecular complexity index is 1620. The molecule has 0 spiro atoms. The van der Waals surface area contributed by atoms with E-state index in [-0.39, 0.29) is 19.3 Å². The molecular formula is C37H44F3N5O6. The minimum absolute atomic E-state index is 0.0189. The van der Waals surface area contributed by atoms with Crippen LogP contribution in [0.25, 0.3) is 11.1 Å². The van der Waals surface area contributed by atoms with Gasteiger partial charge in [-0.1, -0.05) is 86.6 Å². The van der Waals surface area contributed by atoms with Gasteiger partial charge in [0, 0.05) is 18.4 Å². The number of aliphatic hydroxyl groups is 1. The molecular weight excluding hydrogens is 667 g/mol. The highest BCUT2D eigenvalue weighted by Crippen LogP contribution is 2.25. The lowest BCUT2D eigenvalue weighted by Gasteiger charge is -2.28. The molecule has 11 nitrogen and oxygen atoms in total. The van der Waals surface area contributed by atoms with Crippen LogP contribution < -0.4 is 27.0 Å². The van der Waals surface area contributed by atoms with Gasteiger partial charge in [-0.2, -0.15) is 13.2 Å². The van der Waals surface area contributed by atoms with E-state index in [1.54, 1.807) is 68.4 Å². The number of nitrogens with one attached hydrogen (secondary N) is 4. The molecule has 1 unspecified atom stereocenters. The van der Waals surface area contributed by atoms with E-state index in [0.29, 0.717) is 11.1 Å². The Morgan fingerprint density at radius 1 is 0.725 bits per heavy atom. The highest BCUT2D eigenvalue weighted by Gasteiger charge is 2.44. The number of amides is 5. The third-order valence-electron chi connectivity index (χ3n) is 8.14. The smallest absolute Gasteiger partial charge is 0.382 e. The maximum atomic E-state index is 13.6. The predicted octanol–water partition coefficient (Wildman–Crippen LogP) is 3.40. The van der Waals surface area contributed by atoms with Gasteiger partial charge in [-0.25, -0.2) is 0 Å². The molecule has 0 aliphatic heterocycles. The molecule has 5 atom stereocenters. The fourth-order valence-electron chi connectivity index (χ4n) is 5.25. The first-order valence-corrected chi connectivity index (χ1v) is 16.5. The summed E-state index contributed by atoms with van der Waals surface area (Å²) >= 11 is 0. The molecule has 3 aromatic rings. The second-order valence-electron chi connectivity index (χ2n) is 12.6. The van der Waals surface area contributed by atoms with Crippen molar-refractivity contribution < 1.29 is 42.3 Å². The summed E-state index contributed by atoms with van der Waals surface area (Å²) in [4.78, 5) is 64.4. The SMILES string of the molecule is CC(C)[C@H](NC(=O)c1ccc(-c2ccccc2)cc1)C(=O)N[C@@H](Cc1ccccc1)C(=O)N[C@H](C)C(=O)N[C@@H](CCCC(N)=O)C(O)C(F)(F)F. The van der Waals surface area contributed by atoms with Crippen molar-refractivity contribution in [2.75, 3.05) is 0 Å². The zero-order valence-electron chi connectivity index (χ0n) is 28.6. The second-order valence-corrected chi connectivity index (χ2v) is 12.6. The maximum Gasteiger partial charge on any atom is 0.416 e. The van der Waals surface area contributed by atoms with Crippen LogP contribution in [0, 0.1) is 5.92 Å². The molecule has 51 heavy (non-hydrogen) atoms. The Morgan fingerprint density at radius 2 is 1.29 bits per heavy atom. The van der Waals surface area contributed by atoms with Crippen LogP contribution in [0.15, 0.2) is 84.9 Å². The van der Waals surface area contributed by atoms with E-state index in [4.69, 9.17) is 5.73 Å². The number of alkyl halides is 3. The number of rotatable bonds is 17. The molecule has 0 fully saturated rings. The Balaban J connectivity index is 1.73. The van der Waals surface area contributed by atoms with Crippen molar-refractivity contribution in [3.05, 3.63) is 96.1 Å². The van der Waals surface area contributed by atoms with Crippen molar-refractivity contribution in [1.82, 2.24) is 21.3 Å². The lowest BCUT2D eigenvalue weighted by Crippen LogP contribution is -2.59. The van der Waals surface area contributed by atoms with E-state index in [1.165, 1.54) is 6.92 Å². The quantitative estimate of drug-likeness (QED) is 0.125. The van der Waals surface area contributed by atoms with Crippen LogP contribution in [0.1, 0.15) is 56.0 Å². The van der Waals surface area contributed by atoms with Gasteiger partial charge < -0.3 is 32.1 Å². The summed E-state index contributed by atoms with van der Waals surface area (Å²) in [7, 11) is 0. The van der Waals surface area contributed by atoms with Gasteiger partial charge in [-0.3, -0.25) is 24.0 Å². The minimum Gasteiger partial charge on any atom is -0.382 e. The van der Waals surface area contributed by atoms with Crippen molar-refractivity contribution in [2.24, 2.45) is 11.7 Å². The number of carbonyl (C=O) groups excluding carboxylic acids is 5. The normalized spacial score (nSPS) is 14.4. The molecule has 0 saturated carbocycles. The summed E-state index contributed by atoms with van der Waals surface area (Å²) in [5.74, 6) is -4.20. The molecule has 7 N–H and O–H groups in total. The Kier molecular flexibility index (Phi) is 14.7. The molecule has 3 rings (SSSR count). The van der Waals surface area contributed by atoms with Crippen molar-refractivity contribution >= 4 is 29.5 Å². The van der Waals surface area contributed by atoms with E-state index >= 15 is 0 Å². The monoisotopic (exact) mass is 711 g/mol. The van der Waals surface area contributed by atoms with E-state index in [1.807, 2.05) is 30.3 Å². The summed E-state index contributed by atoms with van der Waals surface area (Å²) in [5, 5.41) is 19.8. The molecule has 0 radical (unpaired) electrons. The Hall–Kier alpha value is -5.24. The number of primary amides is 1. The molecule has 0 aliphatic carbocycles. The van der Waals surface area contributed by atoms with Crippen LogP contribution in [-0.2, 0) is 25.6 Å². The van der Waals surface area contributed by atoms with Gasteiger partial charge in [0.25, 0.3) is 5.91 Å². The van der Waals surface area contributed by atoms with Gasteiger partial charge >= 0.3 is 6.18 Å². The molecule has 0 aliphatic rings. The number of benzene rings is 3. The average Bonchev–Trinajstić information content (AvgIpc) is 3.09. The second kappa shape index (κ2) is 18.7. The van der Waals surface area contributed by atoms with Crippen LogP contribution in [-0.4, -0.2) is 71.1 Å². The lowest BCUT2D eigenvalue weighted by atomic mass is 9.99. The average molecular weight is 712 g/mol. The van der Waals surface area contributed by atoms with Crippen molar-refractivity contribution in [3.8, 4) is 11.1 Å². The van der Waals surface area contributed by atoms with Crippen molar-refractivity contribution in [1.29, 1.82) is 0 Å². The van der Waals surface area contributed by atoms with Gasteiger partial charge in [-0.05, 0) is 54.5 Å². The first kappa shape index (κ1) is 40.2. The number of aliphatic hydroxyl groups excluding tert-OH is 1. The zero-order valence-corrected chi connectivity index (χ0v) is 28.6. The molecule has 0 bridgehead atoms. The fourth-order valence-corrected chi connectivity index (χ4v) is 5.25. The van der Waals surface area contributed by atoms with E-state index in [2.05, 4.69) is 21.3 Å². The molecule has 14 heteroatoms. The molecule has 3 aromatic carbocycles. The summed E-state index contributed by atoms with van der Waals surface area (Å²) in [6, 6.07) is 19.6.